The molecule has 0 aliphatic carbocycles. The van der Waals surface area contributed by atoms with Crippen LogP contribution >= 0.6 is 0 Å². The molecule has 1 fully saturated rings. The second-order valence-corrected chi connectivity index (χ2v) is 6.07. The van der Waals surface area contributed by atoms with Crippen LogP contribution < -0.4 is 5.32 Å². The van der Waals surface area contributed by atoms with Crippen LogP contribution in [-0.2, 0) is 6.61 Å². The van der Waals surface area contributed by atoms with Gasteiger partial charge in [0.25, 0.3) is 0 Å². The Morgan fingerprint density at radius 1 is 1.18 bits per heavy atom. The minimum Gasteiger partial charge on any atom is -0.392 e. The molecule has 3 heteroatoms. The lowest BCUT2D eigenvalue weighted by Gasteiger charge is -2.25. The average Bonchev–Trinajstić information content (AvgIpc) is 3.03. The van der Waals surface area contributed by atoms with E-state index in [0.717, 1.165) is 30.8 Å². The van der Waals surface area contributed by atoms with Crippen molar-refractivity contribution in [3.8, 4) is 0 Å². The van der Waals surface area contributed by atoms with Gasteiger partial charge in [0.05, 0.1) is 6.61 Å². The normalized spacial score (nSPS) is 20.0. The van der Waals surface area contributed by atoms with E-state index in [2.05, 4.69) is 53.5 Å². The Bertz CT molecular complexity index is 599. The van der Waals surface area contributed by atoms with Crippen molar-refractivity contribution in [2.45, 2.75) is 32.0 Å². The van der Waals surface area contributed by atoms with Crippen LogP contribution in [0.2, 0.25) is 0 Å². The fourth-order valence-corrected chi connectivity index (χ4v) is 3.19. The van der Waals surface area contributed by atoms with E-state index in [9.17, 15) is 5.11 Å². The van der Waals surface area contributed by atoms with Crippen molar-refractivity contribution < 1.29 is 5.11 Å². The van der Waals surface area contributed by atoms with Crippen LogP contribution in [0.4, 0.5) is 5.69 Å². The number of rotatable bonds is 5. The van der Waals surface area contributed by atoms with Gasteiger partial charge >= 0.3 is 0 Å². The van der Waals surface area contributed by atoms with E-state index in [1.165, 1.54) is 5.56 Å². The molecule has 2 atom stereocenters. The zero-order chi connectivity index (χ0) is 15.4. The van der Waals surface area contributed by atoms with Gasteiger partial charge in [-0.05, 0) is 36.6 Å². The van der Waals surface area contributed by atoms with E-state index >= 15 is 0 Å². The minimum absolute atomic E-state index is 0.0946. The fraction of sp³-hybridized carbons (Fsp3) is 0.368. The van der Waals surface area contributed by atoms with Gasteiger partial charge in [-0.3, -0.25) is 4.90 Å². The summed E-state index contributed by atoms with van der Waals surface area (Å²) >= 11 is 0. The Morgan fingerprint density at radius 2 is 2.00 bits per heavy atom. The van der Waals surface area contributed by atoms with Crippen LogP contribution in [0.3, 0.4) is 0 Å². The molecule has 116 valence electrons. The zero-order valence-corrected chi connectivity index (χ0v) is 13.1. The maximum absolute atomic E-state index is 9.23. The van der Waals surface area contributed by atoms with Gasteiger partial charge in [-0.2, -0.15) is 0 Å². The Balaban J connectivity index is 1.60. The molecule has 0 radical (unpaired) electrons. The van der Waals surface area contributed by atoms with Gasteiger partial charge in [0.15, 0.2) is 0 Å². The van der Waals surface area contributed by atoms with Gasteiger partial charge in [0.2, 0.25) is 0 Å². The van der Waals surface area contributed by atoms with Crippen LogP contribution in [0.15, 0.2) is 54.6 Å². The topological polar surface area (TPSA) is 35.5 Å². The molecule has 0 bridgehead atoms. The van der Waals surface area contributed by atoms with E-state index < -0.39 is 0 Å². The lowest BCUT2D eigenvalue weighted by atomic mass is 10.1. The number of hydrogen-bond donors (Lipinski definition) is 2. The van der Waals surface area contributed by atoms with Crippen LogP contribution in [0.1, 0.15) is 30.5 Å². The minimum atomic E-state index is 0.0946. The smallest absolute Gasteiger partial charge is 0.0682 e. The second kappa shape index (κ2) is 6.95. The third-order valence-electron chi connectivity index (χ3n) is 4.53. The summed E-state index contributed by atoms with van der Waals surface area (Å²) in [5, 5.41) is 12.8. The molecule has 0 aromatic heterocycles. The average molecular weight is 296 g/mol. The van der Waals surface area contributed by atoms with E-state index in [1.54, 1.807) is 0 Å². The Labute approximate surface area is 132 Å². The van der Waals surface area contributed by atoms with E-state index in [-0.39, 0.29) is 6.61 Å². The van der Waals surface area contributed by atoms with Crippen molar-refractivity contribution in [1.29, 1.82) is 0 Å². The number of benzene rings is 2. The summed E-state index contributed by atoms with van der Waals surface area (Å²) in [6, 6.07) is 19.7. The van der Waals surface area contributed by atoms with Gasteiger partial charge in [0, 0.05) is 30.9 Å². The summed E-state index contributed by atoms with van der Waals surface area (Å²) in [6.45, 7) is 4.55. The summed E-state index contributed by atoms with van der Waals surface area (Å²) in [5.74, 6) is 0. The van der Waals surface area contributed by atoms with E-state index in [1.807, 2.05) is 18.2 Å². The van der Waals surface area contributed by atoms with Crippen molar-refractivity contribution in [1.82, 2.24) is 4.90 Å². The molecule has 2 aromatic rings. The molecule has 3 rings (SSSR count). The molecule has 0 amide bonds. The van der Waals surface area contributed by atoms with Gasteiger partial charge in [-0.15, -0.1) is 0 Å². The predicted octanol–water partition coefficient (Wildman–Crippen LogP) is 3.43. The molecule has 0 saturated carbocycles. The third-order valence-corrected chi connectivity index (χ3v) is 4.53. The molecule has 0 spiro atoms. The molecule has 22 heavy (non-hydrogen) atoms. The van der Waals surface area contributed by atoms with Gasteiger partial charge in [0.1, 0.15) is 0 Å². The summed E-state index contributed by atoms with van der Waals surface area (Å²) in [5.41, 5.74) is 3.44. The van der Waals surface area contributed by atoms with E-state index in [0.29, 0.717) is 12.1 Å². The molecular weight excluding hydrogens is 272 g/mol. The number of aliphatic hydroxyl groups excluding tert-OH is 1. The predicted molar refractivity (Wildman–Crippen MR) is 90.8 cm³/mol. The summed E-state index contributed by atoms with van der Waals surface area (Å²) in [7, 11) is 0. The van der Waals surface area contributed by atoms with Gasteiger partial charge < -0.3 is 10.4 Å². The van der Waals surface area contributed by atoms with Crippen molar-refractivity contribution in [2.75, 3.05) is 18.4 Å². The van der Waals surface area contributed by atoms with Crippen LogP contribution in [-0.4, -0.2) is 29.1 Å². The first-order valence-corrected chi connectivity index (χ1v) is 8.01. The Morgan fingerprint density at radius 3 is 2.77 bits per heavy atom. The van der Waals surface area contributed by atoms with Crippen LogP contribution in [0, 0.1) is 0 Å². The second-order valence-electron chi connectivity index (χ2n) is 6.07. The van der Waals surface area contributed by atoms with E-state index in [4.69, 9.17) is 0 Å². The molecule has 2 N–H and O–H groups in total. The number of anilines is 1. The van der Waals surface area contributed by atoms with Crippen molar-refractivity contribution in [3.05, 3.63) is 65.7 Å². The largest absolute Gasteiger partial charge is 0.392 e. The maximum Gasteiger partial charge on any atom is 0.0682 e. The maximum atomic E-state index is 9.23. The molecule has 1 heterocycles. The highest BCUT2D eigenvalue weighted by molar-refractivity contribution is 5.46. The van der Waals surface area contributed by atoms with Crippen LogP contribution in [0.25, 0.3) is 0 Å². The van der Waals surface area contributed by atoms with Gasteiger partial charge in [-0.1, -0.05) is 42.5 Å². The first-order chi connectivity index (χ1) is 10.8. The Hall–Kier alpha value is -1.84. The first kappa shape index (κ1) is 15.1. The highest BCUT2D eigenvalue weighted by Crippen LogP contribution is 2.26. The lowest BCUT2D eigenvalue weighted by molar-refractivity contribution is 0.261. The molecule has 1 aliphatic heterocycles. The SMILES string of the molecule is C[C@@H](c1ccccc1)N1CC[C@@H](Nc2cccc(CO)c2)C1. The number of hydrogen-bond acceptors (Lipinski definition) is 3. The highest BCUT2D eigenvalue weighted by atomic mass is 16.3. The van der Waals surface area contributed by atoms with Crippen LogP contribution in [0.5, 0.6) is 0 Å². The zero-order valence-electron chi connectivity index (χ0n) is 13.1. The third kappa shape index (κ3) is 3.49. The molecular formula is C19H24N2O. The van der Waals surface area contributed by atoms with Crippen molar-refractivity contribution >= 4 is 5.69 Å². The number of likely N-dealkylation sites (tertiary alicyclic amines) is 1. The number of nitrogens with zero attached hydrogens (tertiary/aromatic N) is 1. The highest BCUT2D eigenvalue weighted by Gasteiger charge is 2.26. The fourth-order valence-electron chi connectivity index (χ4n) is 3.19. The lowest BCUT2D eigenvalue weighted by Crippen LogP contribution is -2.28. The molecule has 3 nitrogen and oxygen atoms in total. The quantitative estimate of drug-likeness (QED) is 0.887. The number of aliphatic hydroxyl groups is 1. The summed E-state index contributed by atoms with van der Waals surface area (Å²) in [6.07, 6.45) is 1.15. The summed E-state index contributed by atoms with van der Waals surface area (Å²) < 4.78 is 0. The Kier molecular flexibility index (Phi) is 4.76. The monoisotopic (exact) mass is 296 g/mol. The molecule has 0 unspecified atom stereocenters. The summed E-state index contributed by atoms with van der Waals surface area (Å²) in [4.78, 5) is 2.53. The van der Waals surface area contributed by atoms with Crippen molar-refractivity contribution in [2.24, 2.45) is 0 Å². The number of nitrogens with one attached hydrogen (secondary N) is 1. The molecule has 1 aliphatic rings. The molecule has 1 saturated heterocycles. The van der Waals surface area contributed by atoms with Gasteiger partial charge in [-0.25, -0.2) is 0 Å². The van der Waals surface area contributed by atoms with Crippen molar-refractivity contribution in [3.63, 3.8) is 0 Å². The standard InChI is InChI=1S/C19H24N2O/c1-15(17-7-3-2-4-8-17)21-11-10-19(13-21)20-18-9-5-6-16(12-18)14-22/h2-9,12,15,19-20,22H,10-11,13-14H2,1H3/t15-,19+/m0/s1. The molecule has 2 aromatic carbocycles. The first-order valence-electron chi connectivity index (χ1n) is 8.01.